The van der Waals surface area contributed by atoms with E-state index in [9.17, 15) is 0 Å². The first-order chi connectivity index (χ1) is 7.81. The summed E-state index contributed by atoms with van der Waals surface area (Å²) in [5.41, 5.74) is 1.28. The van der Waals surface area contributed by atoms with Crippen molar-refractivity contribution in [1.82, 2.24) is 5.32 Å². The molecule has 2 aromatic rings. The van der Waals surface area contributed by atoms with Crippen LogP contribution in [0.2, 0.25) is 0 Å². The zero-order valence-corrected chi connectivity index (χ0v) is 10.6. The van der Waals surface area contributed by atoms with Crippen molar-refractivity contribution in [1.29, 1.82) is 0 Å². The summed E-state index contributed by atoms with van der Waals surface area (Å²) in [5, 5.41) is 5.43. The van der Waals surface area contributed by atoms with Crippen molar-refractivity contribution in [2.75, 3.05) is 6.54 Å². The molecular formula is C13H17NOS. The quantitative estimate of drug-likeness (QED) is 0.797. The van der Waals surface area contributed by atoms with Crippen molar-refractivity contribution in [3.63, 3.8) is 0 Å². The van der Waals surface area contributed by atoms with Gasteiger partial charge in [-0.3, -0.25) is 0 Å². The molecule has 16 heavy (non-hydrogen) atoms. The van der Waals surface area contributed by atoms with E-state index in [1.165, 1.54) is 10.4 Å². The zero-order chi connectivity index (χ0) is 11.4. The van der Waals surface area contributed by atoms with Crippen molar-refractivity contribution in [3.05, 3.63) is 34.9 Å². The largest absolute Gasteiger partial charge is 0.459 e. The number of rotatable bonds is 5. The Kier molecular flexibility index (Phi) is 3.80. The summed E-state index contributed by atoms with van der Waals surface area (Å²) < 4.78 is 5.80. The topological polar surface area (TPSA) is 25.2 Å². The van der Waals surface area contributed by atoms with E-state index in [-0.39, 0.29) is 0 Å². The fourth-order valence-electron chi connectivity index (χ4n) is 1.61. The van der Waals surface area contributed by atoms with Crippen LogP contribution in [0, 0.1) is 6.92 Å². The Balaban J connectivity index is 2.05. The van der Waals surface area contributed by atoms with E-state index in [0.29, 0.717) is 0 Å². The van der Waals surface area contributed by atoms with Gasteiger partial charge in [-0.1, -0.05) is 6.92 Å². The number of hydrogen-bond donors (Lipinski definition) is 1. The van der Waals surface area contributed by atoms with Gasteiger partial charge in [-0.25, -0.2) is 0 Å². The second-order valence-electron chi connectivity index (χ2n) is 3.88. The predicted molar refractivity (Wildman–Crippen MR) is 68.8 cm³/mol. The Bertz CT molecular complexity index is 444. The van der Waals surface area contributed by atoms with Gasteiger partial charge in [0, 0.05) is 0 Å². The van der Waals surface area contributed by atoms with Gasteiger partial charge in [-0.05, 0) is 49.0 Å². The molecule has 0 bridgehead atoms. The lowest BCUT2D eigenvalue weighted by molar-refractivity contribution is 0.494. The van der Waals surface area contributed by atoms with Crippen molar-refractivity contribution in [2.24, 2.45) is 0 Å². The van der Waals surface area contributed by atoms with Gasteiger partial charge in [-0.2, -0.15) is 0 Å². The van der Waals surface area contributed by atoms with Gasteiger partial charge in [-0.15, -0.1) is 11.3 Å². The van der Waals surface area contributed by atoms with Gasteiger partial charge in [0.05, 0.1) is 11.4 Å². The lowest BCUT2D eigenvalue weighted by Gasteiger charge is -1.99. The van der Waals surface area contributed by atoms with E-state index in [1.807, 2.05) is 0 Å². The Hall–Kier alpha value is -1.06. The van der Waals surface area contributed by atoms with Crippen LogP contribution in [0.15, 0.2) is 28.0 Å². The highest BCUT2D eigenvalue weighted by atomic mass is 32.1. The molecule has 1 N–H and O–H groups in total. The average molecular weight is 235 g/mol. The first-order valence-corrected chi connectivity index (χ1v) is 6.53. The first kappa shape index (κ1) is 11.4. The highest BCUT2D eigenvalue weighted by Gasteiger charge is 2.08. The third-order valence-corrected chi connectivity index (χ3v) is 3.50. The Morgan fingerprint density at radius 1 is 1.31 bits per heavy atom. The van der Waals surface area contributed by atoms with Crippen LogP contribution in [0.4, 0.5) is 0 Å². The molecule has 2 nitrogen and oxygen atoms in total. The van der Waals surface area contributed by atoms with Crippen LogP contribution in [0.3, 0.4) is 0 Å². The number of hydrogen-bond acceptors (Lipinski definition) is 3. The SMILES string of the molecule is CCCNCc1ccc(-c2sccc2C)o1. The molecule has 0 saturated carbocycles. The van der Waals surface area contributed by atoms with Crippen LogP contribution >= 0.6 is 11.3 Å². The van der Waals surface area contributed by atoms with Crippen molar-refractivity contribution in [3.8, 4) is 10.6 Å². The van der Waals surface area contributed by atoms with E-state index in [0.717, 1.165) is 31.0 Å². The Labute approximate surface area is 100 Å². The maximum Gasteiger partial charge on any atom is 0.144 e. The number of thiophene rings is 1. The monoisotopic (exact) mass is 235 g/mol. The lowest BCUT2D eigenvalue weighted by atomic mass is 10.2. The standard InChI is InChI=1S/C13H17NOS/c1-3-7-14-9-11-4-5-12(15-11)13-10(2)6-8-16-13/h4-6,8,14H,3,7,9H2,1-2H3. The normalized spacial score (nSPS) is 10.9. The first-order valence-electron chi connectivity index (χ1n) is 5.65. The van der Waals surface area contributed by atoms with Crippen molar-refractivity contribution in [2.45, 2.75) is 26.8 Å². The number of aryl methyl sites for hydroxylation is 1. The minimum Gasteiger partial charge on any atom is -0.459 e. The molecule has 0 aliphatic carbocycles. The molecule has 0 unspecified atom stereocenters. The van der Waals surface area contributed by atoms with Gasteiger partial charge >= 0.3 is 0 Å². The van der Waals surface area contributed by atoms with Crippen LogP contribution in [-0.4, -0.2) is 6.54 Å². The molecule has 0 fully saturated rings. The van der Waals surface area contributed by atoms with Crippen LogP contribution in [0.25, 0.3) is 10.6 Å². The third-order valence-electron chi connectivity index (χ3n) is 2.47. The van der Waals surface area contributed by atoms with Crippen molar-refractivity contribution >= 4 is 11.3 Å². The van der Waals surface area contributed by atoms with Crippen LogP contribution in [0.5, 0.6) is 0 Å². The highest BCUT2D eigenvalue weighted by Crippen LogP contribution is 2.30. The predicted octanol–water partition coefficient (Wildman–Crippen LogP) is 3.82. The van der Waals surface area contributed by atoms with Gasteiger partial charge in [0.25, 0.3) is 0 Å². The van der Waals surface area contributed by atoms with E-state index in [1.54, 1.807) is 11.3 Å². The smallest absolute Gasteiger partial charge is 0.144 e. The molecule has 0 aliphatic rings. The van der Waals surface area contributed by atoms with Crippen LogP contribution in [-0.2, 0) is 6.54 Å². The molecule has 86 valence electrons. The summed E-state index contributed by atoms with van der Waals surface area (Å²) in [7, 11) is 0. The van der Waals surface area contributed by atoms with E-state index >= 15 is 0 Å². The molecule has 0 aliphatic heterocycles. The molecule has 0 saturated heterocycles. The zero-order valence-electron chi connectivity index (χ0n) is 9.75. The molecule has 2 heterocycles. The van der Waals surface area contributed by atoms with E-state index < -0.39 is 0 Å². The maximum atomic E-state index is 5.80. The molecule has 0 amide bonds. The molecule has 0 spiro atoms. The fourth-order valence-corrected chi connectivity index (χ4v) is 2.50. The summed E-state index contributed by atoms with van der Waals surface area (Å²) in [4.78, 5) is 1.24. The molecule has 0 aromatic carbocycles. The van der Waals surface area contributed by atoms with Crippen molar-refractivity contribution < 1.29 is 4.42 Å². The minimum atomic E-state index is 0.818. The van der Waals surface area contributed by atoms with Crippen LogP contribution in [0.1, 0.15) is 24.7 Å². The molecule has 3 heteroatoms. The van der Waals surface area contributed by atoms with E-state index in [4.69, 9.17) is 4.42 Å². The molecule has 2 aromatic heterocycles. The Morgan fingerprint density at radius 3 is 2.88 bits per heavy atom. The Morgan fingerprint density at radius 2 is 2.19 bits per heavy atom. The minimum absolute atomic E-state index is 0.818. The highest BCUT2D eigenvalue weighted by molar-refractivity contribution is 7.13. The summed E-state index contributed by atoms with van der Waals surface area (Å²) in [6, 6.07) is 6.23. The fraction of sp³-hybridized carbons (Fsp3) is 0.385. The lowest BCUT2D eigenvalue weighted by Crippen LogP contribution is -2.12. The third kappa shape index (κ3) is 2.54. The molecular weight excluding hydrogens is 218 g/mol. The summed E-state index contributed by atoms with van der Waals surface area (Å²) in [6.45, 7) is 6.13. The van der Waals surface area contributed by atoms with Gasteiger partial charge in [0.15, 0.2) is 0 Å². The summed E-state index contributed by atoms with van der Waals surface area (Å²) in [5.74, 6) is 2.00. The number of furan rings is 1. The molecule has 0 atom stereocenters. The maximum absolute atomic E-state index is 5.80. The average Bonchev–Trinajstić information content (AvgIpc) is 2.87. The number of nitrogens with one attached hydrogen (secondary N) is 1. The summed E-state index contributed by atoms with van der Waals surface area (Å²) in [6.07, 6.45) is 1.15. The van der Waals surface area contributed by atoms with Gasteiger partial charge in [0.2, 0.25) is 0 Å². The second-order valence-corrected chi connectivity index (χ2v) is 4.79. The van der Waals surface area contributed by atoms with Gasteiger partial charge in [0.1, 0.15) is 11.5 Å². The van der Waals surface area contributed by atoms with Crippen LogP contribution < -0.4 is 5.32 Å². The summed E-state index contributed by atoms with van der Waals surface area (Å²) >= 11 is 1.73. The van der Waals surface area contributed by atoms with Gasteiger partial charge < -0.3 is 9.73 Å². The van der Waals surface area contributed by atoms with E-state index in [2.05, 4.69) is 42.7 Å². The second kappa shape index (κ2) is 5.32. The molecule has 2 rings (SSSR count). The molecule has 0 radical (unpaired) electrons.